The van der Waals surface area contributed by atoms with Crippen LogP contribution in [-0.2, 0) is 22.4 Å². The number of rotatable bonds is 6. The minimum absolute atomic E-state index is 0.0262. The Morgan fingerprint density at radius 2 is 1.59 bits per heavy atom. The minimum Gasteiger partial charge on any atom is -0.436 e. The maximum absolute atomic E-state index is 14.1. The predicted octanol–water partition coefficient (Wildman–Crippen LogP) is 3.78. The molecule has 3 fully saturated rings. The Morgan fingerprint density at radius 3 is 2.37 bits per heavy atom. The van der Waals surface area contributed by atoms with Gasteiger partial charge in [-0.1, -0.05) is 24.3 Å². The van der Waals surface area contributed by atoms with Crippen LogP contribution in [0.1, 0.15) is 42.4 Å². The lowest BCUT2D eigenvalue weighted by atomic mass is 10.0. The zero-order valence-corrected chi connectivity index (χ0v) is 28.7. The van der Waals surface area contributed by atoms with Gasteiger partial charge in [0, 0.05) is 82.4 Å². The molecule has 4 aliphatic rings. The number of anilines is 1. The van der Waals surface area contributed by atoms with Gasteiger partial charge in [0.15, 0.2) is 6.10 Å². The number of aromatic nitrogens is 2. The second-order valence-corrected chi connectivity index (χ2v) is 14.1. The number of piperidine rings is 2. The molecule has 2 aromatic carbocycles. The zero-order chi connectivity index (χ0) is 33.9. The van der Waals surface area contributed by atoms with E-state index in [9.17, 15) is 14.4 Å². The van der Waals surface area contributed by atoms with E-state index < -0.39 is 12.2 Å². The summed E-state index contributed by atoms with van der Waals surface area (Å²) in [7, 11) is 2.17. The molecule has 12 heteroatoms. The van der Waals surface area contributed by atoms with Crippen LogP contribution in [0.25, 0.3) is 11.0 Å². The first-order valence-electron chi connectivity index (χ1n) is 17.8. The number of ether oxygens (including phenoxy) is 1. The number of nitrogens with one attached hydrogen (secondary N) is 1. The van der Waals surface area contributed by atoms with Crippen molar-refractivity contribution in [3.63, 3.8) is 0 Å². The van der Waals surface area contributed by atoms with E-state index in [0.29, 0.717) is 51.6 Å². The molecule has 1 atom stereocenters. The van der Waals surface area contributed by atoms with Crippen molar-refractivity contribution >= 4 is 34.8 Å². The van der Waals surface area contributed by atoms with Crippen molar-refractivity contribution in [1.82, 2.24) is 34.5 Å². The molecular weight excluding hydrogens is 620 g/mol. The van der Waals surface area contributed by atoms with Gasteiger partial charge in [0.2, 0.25) is 0 Å². The van der Waals surface area contributed by atoms with E-state index >= 15 is 0 Å². The summed E-state index contributed by atoms with van der Waals surface area (Å²) in [5.41, 5.74) is 5.42. The first kappa shape index (κ1) is 33.2. The summed E-state index contributed by atoms with van der Waals surface area (Å²) in [6.07, 6.45) is 6.56. The maximum atomic E-state index is 14.1. The lowest BCUT2D eigenvalue weighted by Crippen LogP contribution is -2.56. The Labute approximate surface area is 288 Å². The molecule has 4 aliphatic heterocycles. The van der Waals surface area contributed by atoms with Gasteiger partial charge < -0.3 is 29.7 Å². The Morgan fingerprint density at radius 1 is 0.878 bits per heavy atom. The van der Waals surface area contributed by atoms with Gasteiger partial charge in [0.05, 0.1) is 11.0 Å². The number of piperazine rings is 1. The van der Waals surface area contributed by atoms with Crippen molar-refractivity contribution in [2.75, 3.05) is 71.3 Å². The smallest absolute Gasteiger partial charge is 0.410 e. The van der Waals surface area contributed by atoms with Crippen LogP contribution >= 0.6 is 0 Å². The van der Waals surface area contributed by atoms with Crippen LogP contribution in [-0.4, -0.2) is 137 Å². The minimum atomic E-state index is -0.955. The van der Waals surface area contributed by atoms with Crippen molar-refractivity contribution < 1.29 is 19.1 Å². The van der Waals surface area contributed by atoms with Crippen LogP contribution < -0.4 is 5.32 Å². The van der Waals surface area contributed by atoms with Crippen LogP contribution in [0.3, 0.4) is 0 Å². The number of carbonyl (C=O) groups excluding carboxylic acids is 3. The number of likely N-dealkylation sites (tertiary alicyclic amines) is 2. The molecule has 12 nitrogen and oxygen atoms in total. The number of aryl methyl sites for hydroxylation is 1. The van der Waals surface area contributed by atoms with Crippen LogP contribution in [0, 0.1) is 6.92 Å². The largest absolute Gasteiger partial charge is 0.436 e. The Bertz CT molecular complexity index is 1660. The van der Waals surface area contributed by atoms with Crippen molar-refractivity contribution in [2.24, 2.45) is 0 Å². The fourth-order valence-corrected chi connectivity index (χ4v) is 8.00. The molecule has 0 saturated carbocycles. The van der Waals surface area contributed by atoms with Crippen LogP contribution in [0.15, 0.2) is 48.8 Å². The Kier molecular flexibility index (Phi) is 9.95. The highest BCUT2D eigenvalue weighted by Gasteiger charge is 2.36. The predicted molar refractivity (Wildman–Crippen MR) is 187 cm³/mol. The Balaban J connectivity index is 1.01. The van der Waals surface area contributed by atoms with Gasteiger partial charge in [-0.05, 0) is 88.0 Å². The quantitative estimate of drug-likeness (QED) is 0.423. The standard InChI is InChI=1S/C37H48N8O4/c1-26-23-27(24-32-34(26)39-13-12-38-32)25-33(35(46)43-21-19-42(20-22-43)29-8-14-41(2)15-9-29)49-37(48)44-16-10-30(11-17-44)45-18-7-28-5-3-4-6-31(28)40-36(45)47/h3-6,12-13,23-24,29-30,33H,7-11,14-22,25H2,1-2H3,(H,40,47)/t33-/m1/s1. The highest BCUT2D eigenvalue weighted by Crippen LogP contribution is 2.26. The first-order chi connectivity index (χ1) is 23.8. The second kappa shape index (κ2) is 14.7. The number of hydrogen-bond donors (Lipinski definition) is 1. The SMILES string of the molecule is Cc1cc(C[C@@H](OC(=O)N2CCC(N3CCc4ccccc4NC3=O)CC2)C(=O)N2CCN(C3CCN(C)CC3)CC2)cc2nccnc12. The van der Waals surface area contributed by atoms with Crippen LogP contribution in [0.5, 0.6) is 0 Å². The van der Waals surface area contributed by atoms with Crippen molar-refractivity contribution in [3.05, 3.63) is 65.5 Å². The molecule has 0 aliphatic carbocycles. The monoisotopic (exact) mass is 668 g/mol. The molecule has 0 unspecified atom stereocenters. The summed E-state index contributed by atoms with van der Waals surface area (Å²) >= 11 is 0. The summed E-state index contributed by atoms with van der Waals surface area (Å²) in [6.45, 7) is 8.64. The van der Waals surface area contributed by atoms with Gasteiger partial charge in [-0.15, -0.1) is 0 Å². The number of hydrogen-bond acceptors (Lipinski definition) is 8. The molecule has 0 spiro atoms. The lowest BCUT2D eigenvalue weighted by Gasteiger charge is -2.42. The number of nitrogens with zero attached hydrogens (tertiary/aromatic N) is 7. The molecule has 49 heavy (non-hydrogen) atoms. The van der Waals surface area contributed by atoms with Crippen LogP contribution in [0.4, 0.5) is 15.3 Å². The molecule has 7 rings (SSSR count). The number of benzene rings is 2. The number of amides is 4. The number of carbonyl (C=O) groups is 3. The summed E-state index contributed by atoms with van der Waals surface area (Å²) in [4.78, 5) is 60.3. The summed E-state index contributed by atoms with van der Waals surface area (Å²) in [5, 5.41) is 3.06. The fraction of sp³-hybridized carbons (Fsp3) is 0.541. The zero-order valence-electron chi connectivity index (χ0n) is 28.7. The highest BCUT2D eigenvalue weighted by molar-refractivity contribution is 5.91. The van der Waals surface area contributed by atoms with Crippen molar-refractivity contribution in [2.45, 2.75) is 63.6 Å². The average molecular weight is 669 g/mol. The highest BCUT2D eigenvalue weighted by atomic mass is 16.6. The number of para-hydroxylation sites is 1. The normalized spacial score (nSPS) is 20.9. The second-order valence-electron chi connectivity index (χ2n) is 14.1. The molecule has 4 amide bonds. The summed E-state index contributed by atoms with van der Waals surface area (Å²) in [6, 6.07) is 12.4. The third-order valence-corrected chi connectivity index (χ3v) is 10.9. The molecule has 1 aromatic heterocycles. The van der Waals surface area contributed by atoms with Gasteiger partial charge in [0.1, 0.15) is 0 Å². The third-order valence-electron chi connectivity index (χ3n) is 10.9. The maximum Gasteiger partial charge on any atom is 0.410 e. The van der Waals surface area contributed by atoms with E-state index in [0.717, 1.165) is 78.9 Å². The van der Waals surface area contributed by atoms with Gasteiger partial charge in [-0.2, -0.15) is 0 Å². The van der Waals surface area contributed by atoms with E-state index in [2.05, 4.69) is 38.2 Å². The molecular formula is C37H48N8O4. The molecule has 1 N–H and O–H groups in total. The van der Waals surface area contributed by atoms with Gasteiger partial charge in [-0.25, -0.2) is 9.59 Å². The van der Waals surface area contributed by atoms with E-state index in [1.807, 2.05) is 47.1 Å². The van der Waals surface area contributed by atoms with Crippen LogP contribution in [0.2, 0.25) is 0 Å². The lowest BCUT2D eigenvalue weighted by molar-refractivity contribution is -0.143. The third kappa shape index (κ3) is 7.50. The summed E-state index contributed by atoms with van der Waals surface area (Å²) in [5.74, 6) is -0.149. The average Bonchev–Trinajstić information content (AvgIpc) is 3.29. The van der Waals surface area contributed by atoms with E-state index in [1.54, 1.807) is 17.3 Å². The van der Waals surface area contributed by atoms with Gasteiger partial charge in [0.25, 0.3) is 5.91 Å². The summed E-state index contributed by atoms with van der Waals surface area (Å²) < 4.78 is 6.13. The molecule has 0 bridgehead atoms. The van der Waals surface area contributed by atoms with Crippen molar-refractivity contribution in [3.8, 4) is 0 Å². The fourth-order valence-electron chi connectivity index (χ4n) is 8.00. The number of fused-ring (bicyclic) bond motifs is 2. The molecule has 3 aromatic rings. The van der Waals surface area contributed by atoms with E-state index in [4.69, 9.17) is 4.74 Å². The molecule has 3 saturated heterocycles. The molecule has 260 valence electrons. The van der Waals surface area contributed by atoms with E-state index in [1.165, 1.54) is 0 Å². The van der Waals surface area contributed by atoms with Crippen molar-refractivity contribution in [1.29, 1.82) is 0 Å². The van der Waals surface area contributed by atoms with Gasteiger partial charge >= 0.3 is 12.1 Å². The first-order valence-corrected chi connectivity index (χ1v) is 17.8. The Hall–Kier alpha value is -4.29. The molecule has 5 heterocycles. The number of urea groups is 1. The van der Waals surface area contributed by atoms with E-state index in [-0.39, 0.29) is 24.4 Å². The topological polar surface area (TPSA) is 114 Å². The van der Waals surface area contributed by atoms with Gasteiger partial charge in [-0.3, -0.25) is 19.7 Å². The molecule has 0 radical (unpaired) electrons.